The summed E-state index contributed by atoms with van der Waals surface area (Å²) in [4.78, 5) is 17.8. The number of rotatable bonds is 6. The summed E-state index contributed by atoms with van der Waals surface area (Å²) in [6, 6.07) is 20.2. The summed E-state index contributed by atoms with van der Waals surface area (Å²) in [6.07, 6.45) is 2.21. The average molecular weight is 432 g/mol. The molecule has 3 aromatic carbocycles. The van der Waals surface area contributed by atoms with Crippen molar-refractivity contribution in [1.82, 2.24) is 4.98 Å². The molecule has 0 aliphatic rings. The van der Waals surface area contributed by atoms with Crippen molar-refractivity contribution in [1.29, 1.82) is 0 Å². The number of ketones is 1. The van der Waals surface area contributed by atoms with Crippen LogP contribution in [0.5, 0.6) is 5.75 Å². The Morgan fingerprint density at radius 3 is 2.26 bits per heavy atom. The van der Waals surface area contributed by atoms with E-state index in [9.17, 15) is 13.2 Å². The topological polar surface area (TPSA) is 73.3 Å². The zero-order valence-corrected chi connectivity index (χ0v) is 18.0. The number of nitrogens with zero attached hydrogens (tertiary/aromatic N) is 1. The van der Waals surface area contributed by atoms with Gasteiger partial charge in [-0.2, -0.15) is 0 Å². The van der Waals surface area contributed by atoms with Crippen LogP contribution in [0.3, 0.4) is 0 Å². The first-order valence-electron chi connectivity index (χ1n) is 9.86. The molecular weight excluding hydrogens is 410 g/mol. The molecule has 156 valence electrons. The standard InChI is InChI=1S/C25H21NO4S/c1-3-17-8-10-18(11-9-17)24(27)22-16-26-23-7-5-4-6-21(23)25(22)31(28,29)20-14-12-19(30-2)13-15-20/h4-16H,3H2,1-2H3. The molecule has 0 aliphatic carbocycles. The van der Waals surface area contributed by atoms with Gasteiger partial charge in [0.1, 0.15) is 5.75 Å². The van der Waals surface area contributed by atoms with Gasteiger partial charge in [-0.05, 0) is 42.3 Å². The Kier molecular flexibility index (Phi) is 5.57. The van der Waals surface area contributed by atoms with Crippen LogP contribution in [0.1, 0.15) is 28.4 Å². The Morgan fingerprint density at radius 2 is 1.61 bits per heavy atom. The zero-order chi connectivity index (χ0) is 22.0. The maximum Gasteiger partial charge on any atom is 0.208 e. The lowest BCUT2D eigenvalue weighted by Crippen LogP contribution is -2.12. The van der Waals surface area contributed by atoms with Gasteiger partial charge in [0, 0.05) is 17.1 Å². The first-order chi connectivity index (χ1) is 15.0. The van der Waals surface area contributed by atoms with Crippen LogP contribution in [-0.4, -0.2) is 26.3 Å². The Hall–Kier alpha value is -3.51. The van der Waals surface area contributed by atoms with Gasteiger partial charge < -0.3 is 4.74 Å². The van der Waals surface area contributed by atoms with Crippen molar-refractivity contribution in [2.45, 2.75) is 23.1 Å². The predicted molar refractivity (Wildman–Crippen MR) is 119 cm³/mol. The van der Waals surface area contributed by atoms with Crippen LogP contribution >= 0.6 is 0 Å². The van der Waals surface area contributed by atoms with Crippen molar-refractivity contribution in [3.8, 4) is 5.75 Å². The number of sulfone groups is 1. The summed E-state index contributed by atoms with van der Waals surface area (Å²) in [5.41, 5.74) is 2.07. The van der Waals surface area contributed by atoms with Crippen LogP contribution in [0.15, 0.2) is 88.8 Å². The summed E-state index contributed by atoms with van der Waals surface area (Å²) in [7, 11) is -2.49. The summed E-state index contributed by atoms with van der Waals surface area (Å²) in [5.74, 6) is 0.166. The highest BCUT2D eigenvalue weighted by atomic mass is 32.2. The van der Waals surface area contributed by atoms with Crippen molar-refractivity contribution >= 4 is 26.5 Å². The van der Waals surface area contributed by atoms with E-state index in [-0.39, 0.29) is 21.1 Å². The number of ether oxygens (including phenoxy) is 1. The second kappa shape index (κ2) is 8.32. The van der Waals surface area contributed by atoms with Crippen LogP contribution in [0, 0.1) is 0 Å². The fraction of sp³-hybridized carbons (Fsp3) is 0.120. The summed E-state index contributed by atoms with van der Waals surface area (Å²) in [6.45, 7) is 2.03. The molecule has 0 fully saturated rings. The summed E-state index contributed by atoms with van der Waals surface area (Å²) in [5, 5.41) is 0.411. The second-order valence-electron chi connectivity index (χ2n) is 7.08. The highest BCUT2D eigenvalue weighted by molar-refractivity contribution is 7.91. The molecule has 1 aromatic heterocycles. The third kappa shape index (κ3) is 3.82. The zero-order valence-electron chi connectivity index (χ0n) is 17.2. The molecule has 0 saturated carbocycles. The van der Waals surface area contributed by atoms with E-state index in [2.05, 4.69) is 4.98 Å². The van der Waals surface area contributed by atoms with E-state index in [1.54, 1.807) is 48.5 Å². The number of carbonyl (C=O) groups excluding carboxylic acids is 1. The number of aromatic nitrogens is 1. The molecule has 31 heavy (non-hydrogen) atoms. The highest BCUT2D eigenvalue weighted by Crippen LogP contribution is 2.32. The number of pyridine rings is 1. The molecule has 0 atom stereocenters. The van der Waals surface area contributed by atoms with Crippen LogP contribution in [0.4, 0.5) is 0 Å². The van der Waals surface area contributed by atoms with Gasteiger partial charge in [-0.1, -0.05) is 49.4 Å². The third-order valence-electron chi connectivity index (χ3n) is 5.23. The number of carbonyl (C=O) groups is 1. The van der Waals surface area contributed by atoms with Gasteiger partial charge in [0.15, 0.2) is 5.78 Å². The normalized spacial score (nSPS) is 11.4. The molecule has 0 spiro atoms. The van der Waals surface area contributed by atoms with E-state index < -0.39 is 9.84 Å². The van der Waals surface area contributed by atoms with Gasteiger partial charge in [-0.15, -0.1) is 0 Å². The van der Waals surface area contributed by atoms with Crippen LogP contribution < -0.4 is 4.74 Å². The number of fused-ring (bicyclic) bond motifs is 1. The lowest BCUT2D eigenvalue weighted by atomic mass is 10.0. The molecule has 0 radical (unpaired) electrons. The molecule has 0 aliphatic heterocycles. The second-order valence-corrected chi connectivity index (χ2v) is 8.96. The predicted octanol–water partition coefficient (Wildman–Crippen LogP) is 4.87. The molecule has 4 rings (SSSR count). The van der Waals surface area contributed by atoms with E-state index in [1.165, 1.54) is 25.4 Å². The number of hydrogen-bond acceptors (Lipinski definition) is 5. The molecule has 0 amide bonds. The molecule has 0 bridgehead atoms. The number of benzene rings is 3. The quantitative estimate of drug-likeness (QED) is 0.407. The van der Waals surface area contributed by atoms with Gasteiger partial charge in [-0.3, -0.25) is 9.78 Å². The van der Waals surface area contributed by atoms with E-state index in [0.29, 0.717) is 22.2 Å². The lowest BCUT2D eigenvalue weighted by Gasteiger charge is -2.13. The Labute approximate surface area is 181 Å². The Bertz CT molecular complexity index is 1360. The largest absolute Gasteiger partial charge is 0.497 e. The van der Waals surface area contributed by atoms with Crippen molar-refractivity contribution in [2.75, 3.05) is 7.11 Å². The van der Waals surface area contributed by atoms with Gasteiger partial charge in [-0.25, -0.2) is 8.42 Å². The van der Waals surface area contributed by atoms with Crippen molar-refractivity contribution in [2.24, 2.45) is 0 Å². The Morgan fingerprint density at radius 1 is 0.935 bits per heavy atom. The van der Waals surface area contributed by atoms with Crippen LogP contribution in [0.25, 0.3) is 10.9 Å². The van der Waals surface area contributed by atoms with E-state index in [1.807, 2.05) is 19.1 Å². The monoisotopic (exact) mass is 431 g/mol. The van der Waals surface area contributed by atoms with Crippen molar-refractivity contribution in [3.05, 3.63) is 95.7 Å². The van der Waals surface area contributed by atoms with Gasteiger partial charge >= 0.3 is 0 Å². The van der Waals surface area contributed by atoms with Gasteiger partial charge in [0.05, 0.1) is 28.0 Å². The van der Waals surface area contributed by atoms with Gasteiger partial charge in [0.25, 0.3) is 0 Å². The van der Waals surface area contributed by atoms with E-state index in [0.717, 1.165) is 12.0 Å². The number of aryl methyl sites for hydroxylation is 1. The highest BCUT2D eigenvalue weighted by Gasteiger charge is 2.28. The molecule has 1 heterocycles. The van der Waals surface area contributed by atoms with Crippen molar-refractivity contribution < 1.29 is 17.9 Å². The SMILES string of the molecule is CCc1ccc(C(=O)c2cnc3ccccc3c2S(=O)(=O)c2ccc(OC)cc2)cc1. The van der Waals surface area contributed by atoms with E-state index >= 15 is 0 Å². The maximum atomic E-state index is 13.7. The summed E-state index contributed by atoms with van der Waals surface area (Å²) < 4.78 is 32.5. The number of hydrogen-bond donors (Lipinski definition) is 0. The maximum absolute atomic E-state index is 13.7. The fourth-order valence-electron chi connectivity index (χ4n) is 3.49. The minimum Gasteiger partial charge on any atom is -0.497 e. The molecule has 4 aromatic rings. The fourth-order valence-corrected chi connectivity index (χ4v) is 5.11. The Balaban J connectivity index is 1.94. The molecule has 5 nitrogen and oxygen atoms in total. The number of methoxy groups -OCH3 is 1. The third-order valence-corrected chi connectivity index (χ3v) is 7.10. The van der Waals surface area contributed by atoms with Crippen LogP contribution in [-0.2, 0) is 16.3 Å². The molecule has 0 saturated heterocycles. The van der Waals surface area contributed by atoms with E-state index in [4.69, 9.17) is 4.74 Å². The minimum atomic E-state index is -4.00. The minimum absolute atomic E-state index is 0.0344. The molecule has 6 heteroatoms. The summed E-state index contributed by atoms with van der Waals surface area (Å²) >= 11 is 0. The smallest absolute Gasteiger partial charge is 0.208 e. The average Bonchev–Trinajstić information content (AvgIpc) is 2.82. The van der Waals surface area contributed by atoms with Crippen molar-refractivity contribution in [3.63, 3.8) is 0 Å². The molecule has 0 N–H and O–H groups in total. The van der Waals surface area contributed by atoms with Gasteiger partial charge in [0.2, 0.25) is 9.84 Å². The lowest BCUT2D eigenvalue weighted by molar-refractivity contribution is 0.103. The van der Waals surface area contributed by atoms with Crippen LogP contribution in [0.2, 0.25) is 0 Å². The molecule has 0 unspecified atom stereocenters. The molecular formula is C25H21NO4S. The number of para-hydroxylation sites is 1. The first kappa shape index (κ1) is 20.8. The first-order valence-corrected chi connectivity index (χ1v) is 11.3.